The number of nitrogens with zero attached hydrogens (tertiary/aromatic N) is 1. The highest BCUT2D eigenvalue weighted by molar-refractivity contribution is 6.33. The van der Waals surface area contributed by atoms with E-state index in [9.17, 15) is 14.9 Å². The molecule has 1 heterocycles. The third-order valence-electron chi connectivity index (χ3n) is 4.73. The summed E-state index contributed by atoms with van der Waals surface area (Å²) >= 11 is 6.14. The molecule has 2 atom stereocenters. The van der Waals surface area contributed by atoms with Crippen LogP contribution in [0.2, 0.25) is 5.02 Å². The average molecular weight is 378 g/mol. The molecule has 1 aliphatic carbocycles. The summed E-state index contributed by atoms with van der Waals surface area (Å²) in [6.07, 6.45) is 3.59. The van der Waals surface area contributed by atoms with E-state index in [1.165, 1.54) is 12.1 Å². The van der Waals surface area contributed by atoms with Gasteiger partial charge in [0.1, 0.15) is 11.5 Å². The molecule has 0 saturated heterocycles. The lowest BCUT2D eigenvalue weighted by atomic mass is 9.85. The number of hydrogen-bond acceptors (Lipinski definition) is 5. The van der Waals surface area contributed by atoms with Crippen molar-refractivity contribution >= 4 is 23.2 Å². The fourth-order valence-corrected chi connectivity index (χ4v) is 3.58. The van der Waals surface area contributed by atoms with Crippen LogP contribution in [0.4, 0.5) is 5.69 Å². The molecule has 0 bridgehead atoms. The van der Waals surface area contributed by atoms with Crippen molar-refractivity contribution in [2.45, 2.75) is 38.3 Å². The predicted octanol–water partition coefficient (Wildman–Crippen LogP) is 3.64. The first-order valence-electron chi connectivity index (χ1n) is 8.49. The number of carbonyl (C=O) groups excluding carboxylic acids is 1. The van der Waals surface area contributed by atoms with Gasteiger partial charge in [0.05, 0.1) is 16.5 Å². The second kappa shape index (κ2) is 7.88. The van der Waals surface area contributed by atoms with E-state index in [1.807, 2.05) is 6.07 Å². The van der Waals surface area contributed by atoms with Gasteiger partial charge in [-0.15, -0.1) is 0 Å². The Bertz CT molecular complexity index is 821. The molecule has 1 amide bonds. The smallest absolute Gasteiger partial charge is 0.270 e. The lowest BCUT2D eigenvalue weighted by Crippen LogP contribution is -2.38. The van der Waals surface area contributed by atoms with Crippen molar-refractivity contribution in [3.8, 4) is 11.3 Å². The van der Waals surface area contributed by atoms with Crippen LogP contribution in [-0.2, 0) is 11.3 Å². The standard InChI is InChI=1S/C18H20ClN3O4/c19-16-9-13(22(24)25)4-6-15(16)17-7-5-14(26-17)10-21-12-3-1-2-11(8-12)18(20)23/h4-7,9,11-12,21H,1-3,8,10H2,(H2,20,23). The van der Waals surface area contributed by atoms with E-state index in [4.69, 9.17) is 21.8 Å². The van der Waals surface area contributed by atoms with Crippen molar-refractivity contribution in [3.63, 3.8) is 0 Å². The molecule has 2 unspecified atom stereocenters. The number of nitro groups is 1. The first-order chi connectivity index (χ1) is 12.4. The number of furan rings is 1. The quantitative estimate of drug-likeness (QED) is 0.589. The number of hydrogen-bond donors (Lipinski definition) is 2. The number of nitro benzene ring substituents is 1. The highest BCUT2D eigenvalue weighted by atomic mass is 35.5. The van der Waals surface area contributed by atoms with Crippen LogP contribution in [0.5, 0.6) is 0 Å². The van der Waals surface area contributed by atoms with E-state index >= 15 is 0 Å². The van der Waals surface area contributed by atoms with Gasteiger partial charge in [-0.3, -0.25) is 14.9 Å². The first-order valence-corrected chi connectivity index (χ1v) is 8.87. The molecule has 0 spiro atoms. The van der Waals surface area contributed by atoms with Crippen LogP contribution in [-0.4, -0.2) is 16.9 Å². The molecule has 0 radical (unpaired) electrons. The van der Waals surface area contributed by atoms with Gasteiger partial charge >= 0.3 is 0 Å². The molecule has 1 fully saturated rings. The maximum atomic E-state index is 11.4. The molecule has 138 valence electrons. The van der Waals surface area contributed by atoms with Gasteiger partial charge in [-0.2, -0.15) is 0 Å². The van der Waals surface area contributed by atoms with E-state index in [0.717, 1.165) is 31.4 Å². The number of rotatable bonds is 6. The normalized spacial score (nSPS) is 20.0. The molecule has 0 aliphatic heterocycles. The molecule has 1 aliphatic rings. The lowest BCUT2D eigenvalue weighted by Gasteiger charge is -2.27. The summed E-state index contributed by atoms with van der Waals surface area (Å²) in [5, 5.41) is 14.5. The minimum absolute atomic E-state index is 0.0616. The maximum absolute atomic E-state index is 11.4. The second-order valence-electron chi connectivity index (χ2n) is 6.53. The number of non-ortho nitro benzene ring substituents is 1. The Labute approximate surface area is 155 Å². The molecular weight excluding hydrogens is 358 g/mol. The third kappa shape index (κ3) is 4.23. The van der Waals surface area contributed by atoms with Crippen LogP contribution >= 0.6 is 11.6 Å². The van der Waals surface area contributed by atoms with Gasteiger partial charge in [0, 0.05) is 29.7 Å². The zero-order chi connectivity index (χ0) is 18.7. The van der Waals surface area contributed by atoms with Crippen LogP contribution in [0, 0.1) is 16.0 Å². The van der Waals surface area contributed by atoms with Crippen molar-refractivity contribution in [1.82, 2.24) is 5.32 Å². The van der Waals surface area contributed by atoms with Crippen molar-refractivity contribution in [2.24, 2.45) is 11.7 Å². The first kappa shape index (κ1) is 18.4. The summed E-state index contributed by atoms with van der Waals surface area (Å²) in [6.45, 7) is 0.529. The summed E-state index contributed by atoms with van der Waals surface area (Å²) < 4.78 is 5.81. The Morgan fingerprint density at radius 2 is 2.15 bits per heavy atom. The number of benzene rings is 1. The van der Waals surface area contributed by atoms with Crippen LogP contribution in [0.15, 0.2) is 34.7 Å². The summed E-state index contributed by atoms with van der Waals surface area (Å²) in [5.41, 5.74) is 5.95. The van der Waals surface area contributed by atoms with Crippen LogP contribution < -0.4 is 11.1 Å². The predicted molar refractivity (Wildman–Crippen MR) is 97.6 cm³/mol. The average Bonchev–Trinajstić information content (AvgIpc) is 3.08. The molecule has 1 aromatic heterocycles. The molecule has 8 heteroatoms. The summed E-state index contributed by atoms with van der Waals surface area (Å²) in [6, 6.07) is 8.15. The molecule has 3 N–H and O–H groups in total. The van der Waals surface area contributed by atoms with E-state index < -0.39 is 4.92 Å². The zero-order valence-electron chi connectivity index (χ0n) is 14.1. The maximum Gasteiger partial charge on any atom is 0.270 e. The molecule has 3 rings (SSSR count). The van der Waals surface area contributed by atoms with E-state index in [-0.39, 0.29) is 28.6 Å². The molecular formula is C18H20ClN3O4. The number of amides is 1. The van der Waals surface area contributed by atoms with E-state index in [1.54, 1.807) is 12.1 Å². The Kier molecular flexibility index (Phi) is 5.58. The number of halogens is 1. The highest BCUT2D eigenvalue weighted by Crippen LogP contribution is 2.32. The van der Waals surface area contributed by atoms with Crippen molar-refractivity contribution in [3.05, 3.63) is 51.2 Å². The third-order valence-corrected chi connectivity index (χ3v) is 5.04. The Morgan fingerprint density at radius 1 is 1.35 bits per heavy atom. The molecule has 2 aromatic rings. The number of nitrogens with one attached hydrogen (secondary N) is 1. The number of nitrogens with two attached hydrogens (primary N) is 1. The summed E-state index contributed by atoms with van der Waals surface area (Å²) in [5.74, 6) is 0.993. The number of primary amides is 1. The van der Waals surface area contributed by atoms with Gasteiger partial charge in [0.15, 0.2) is 0 Å². The Morgan fingerprint density at radius 3 is 2.85 bits per heavy atom. The van der Waals surface area contributed by atoms with Crippen LogP contribution in [0.1, 0.15) is 31.4 Å². The summed E-state index contributed by atoms with van der Waals surface area (Å²) in [4.78, 5) is 21.7. The fraction of sp³-hybridized carbons (Fsp3) is 0.389. The number of carbonyl (C=O) groups is 1. The van der Waals surface area contributed by atoms with Crippen LogP contribution in [0.25, 0.3) is 11.3 Å². The topological polar surface area (TPSA) is 111 Å². The molecule has 7 nitrogen and oxygen atoms in total. The van der Waals surface area contributed by atoms with Crippen LogP contribution in [0.3, 0.4) is 0 Å². The molecule has 1 aromatic carbocycles. The van der Waals surface area contributed by atoms with Gasteiger partial charge in [-0.1, -0.05) is 18.0 Å². The van der Waals surface area contributed by atoms with Gasteiger partial charge < -0.3 is 15.5 Å². The van der Waals surface area contributed by atoms with E-state index in [0.29, 0.717) is 17.9 Å². The van der Waals surface area contributed by atoms with Gasteiger partial charge in [0.25, 0.3) is 5.69 Å². The highest BCUT2D eigenvalue weighted by Gasteiger charge is 2.25. The second-order valence-corrected chi connectivity index (χ2v) is 6.94. The SMILES string of the molecule is NC(=O)C1CCCC(NCc2ccc(-c3ccc([N+](=O)[O-])cc3Cl)o2)C1. The van der Waals surface area contributed by atoms with Crippen molar-refractivity contribution in [1.29, 1.82) is 0 Å². The minimum atomic E-state index is -0.489. The molecule has 26 heavy (non-hydrogen) atoms. The Balaban J connectivity index is 1.63. The monoisotopic (exact) mass is 377 g/mol. The Hall–Kier alpha value is -2.38. The van der Waals surface area contributed by atoms with Crippen molar-refractivity contribution < 1.29 is 14.1 Å². The van der Waals surface area contributed by atoms with Crippen molar-refractivity contribution in [2.75, 3.05) is 0 Å². The van der Waals surface area contributed by atoms with Gasteiger partial charge in [-0.25, -0.2) is 0 Å². The van der Waals surface area contributed by atoms with Gasteiger partial charge in [-0.05, 0) is 37.5 Å². The lowest BCUT2D eigenvalue weighted by molar-refractivity contribution is -0.384. The summed E-state index contributed by atoms with van der Waals surface area (Å²) in [7, 11) is 0. The van der Waals surface area contributed by atoms with Gasteiger partial charge in [0.2, 0.25) is 5.91 Å². The van der Waals surface area contributed by atoms with E-state index in [2.05, 4.69) is 5.32 Å². The fourth-order valence-electron chi connectivity index (χ4n) is 3.31. The zero-order valence-corrected chi connectivity index (χ0v) is 14.9. The largest absolute Gasteiger partial charge is 0.460 e. The molecule has 1 saturated carbocycles. The minimum Gasteiger partial charge on any atom is -0.460 e.